The van der Waals surface area contributed by atoms with Crippen molar-refractivity contribution in [2.75, 3.05) is 11.1 Å². The molecule has 0 unspecified atom stereocenters. The monoisotopic (exact) mass is 458 g/mol. The zero-order chi connectivity index (χ0) is 21.0. The molecule has 0 atom stereocenters. The Morgan fingerprint density at radius 3 is 2.62 bits per heavy atom. The average Bonchev–Trinajstić information content (AvgIpc) is 3.04. The van der Waals surface area contributed by atoms with Gasteiger partial charge in [0.2, 0.25) is 5.91 Å². The molecular formula is C18H14Cl2F2N4O2S. The van der Waals surface area contributed by atoms with Gasteiger partial charge < -0.3 is 14.6 Å². The number of amides is 1. The summed E-state index contributed by atoms with van der Waals surface area (Å²) in [5.41, 5.74) is 1.10. The molecule has 1 heterocycles. The third kappa shape index (κ3) is 5.37. The van der Waals surface area contributed by atoms with Gasteiger partial charge in [0.25, 0.3) is 0 Å². The molecule has 0 saturated carbocycles. The lowest BCUT2D eigenvalue weighted by Gasteiger charge is -2.08. The maximum Gasteiger partial charge on any atom is 0.387 e. The van der Waals surface area contributed by atoms with Crippen LogP contribution in [0, 0.1) is 0 Å². The second-order valence-electron chi connectivity index (χ2n) is 5.71. The number of carbonyl (C=O) groups excluding carboxylic acids is 1. The van der Waals surface area contributed by atoms with E-state index in [2.05, 4.69) is 20.3 Å². The summed E-state index contributed by atoms with van der Waals surface area (Å²) in [6.07, 6.45) is 0. The third-order valence-electron chi connectivity index (χ3n) is 3.73. The number of halogens is 4. The number of ether oxygens (including phenoxy) is 1. The third-order valence-corrected chi connectivity index (χ3v) is 5.57. The van der Waals surface area contributed by atoms with Crippen LogP contribution >= 0.6 is 35.0 Å². The summed E-state index contributed by atoms with van der Waals surface area (Å²) in [7, 11) is 1.74. The van der Waals surface area contributed by atoms with Gasteiger partial charge in [0, 0.05) is 12.6 Å². The van der Waals surface area contributed by atoms with Gasteiger partial charge in [-0.3, -0.25) is 4.79 Å². The molecule has 11 heteroatoms. The molecule has 0 spiro atoms. The van der Waals surface area contributed by atoms with E-state index in [0.29, 0.717) is 27.3 Å². The fourth-order valence-corrected chi connectivity index (χ4v) is 3.45. The van der Waals surface area contributed by atoms with E-state index >= 15 is 0 Å². The van der Waals surface area contributed by atoms with E-state index in [1.807, 2.05) is 0 Å². The van der Waals surface area contributed by atoms with E-state index in [4.69, 9.17) is 23.2 Å². The van der Waals surface area contributed by atoms with Gasteiger partial charge in [-0.15, -0.1) is 10.2 Å². The van der Waals surface area contributed by atoms with E-state index in [-0.39, 0.29) is 22.4 Å². The highest BCUT2D eigenvalue weighted by atomic mass is 35.5. The molecule has 0 aliphatic carbocycles. The van der Waals surface area contributed by atoms with Crippen LogP contribution in [0.3, 0.4) is 0 Å². The molecule has 0 saturated heterocycles. The van der Waals surface area contributed by atoms with Gasteiger partial charge >= 0.3 is 6.61 Å². The summed E-state index contributed by atoms with van der Waals surface area (Å²) < 4.78 is 30.5. The van der Waals surface area contributed by atoms with Gasteiger partial charge in [-0.1, -0.05) is 41.0 Å². The van der Waals surface area contributed by atoms with E-state index in [0.717, 1.165) is 0 Å². The Morgan fingerprint density at radius 1 is 1.21 bits per heavy atom. The molecule has 0 bridgehead atoms. The lowest BCUT2D eigenvalue weighted by atomic mass is 10.2. The van der Waals surface area contributed by atoms with Crippen molar-refractivity contribution >= 4 is 46.6 Å². The number of carbonyl (C=O) groups is 1. The highest BCUT2D eigenvalue weighted by molar-refractivity contribution is 7.99. The Bertz CT molecular complexity index is 1020. The lowest BCUT2D eigenvalue weighted by Crippen LogP contribution is -2.14. The van der Waals surface area contributed by atoms with Crippen LogP contribution in [-0.2, 0) is 11.8 Å². The number of nitrogens with zero attached hydrogens (tertiary/aromatic N) is 3. The Labute approximate surface area is 179 Å². The molecule has 3 aromatic rings. The molecular weight excluding hydrogens is 445 g/mol. The molecule has 0 radical (unpaired) electrons. The van der Waals surface area contributed by atoms with Crippen molar-refractivity contribution < 1.29 is 18.3 Å². The summed E-state index contributed by atoms with van der Waals surface area (Å²) in [6, 6.07) is 11.0. The number of rotatable bonds is 7. The van der Waals surface area contributed by atoms with Gasteiger partial charge in [-0.05, 0) is 36.4 Å². The van der Waals surface area contributed by atoms with Gasteiger partial charge in [0.1, 0.15) is 5.75 Å². The first-order chi connectivity index (χ1) is 13.8. The Kier molecular flexibility index (Phi) is 6.94. The van der Waals surface area contributed by atoms with Crippen LogP contribution in [0.1, 0.15) is 0 Å². The second-order valence-corrected chi connectivity index (χ2v) is 7.43. The fraction of sp³-hybridized carbons (Fsp3) is 0.167. The number of hydrogen-bond acceptors (Lipinski definition) is 5. The SMILES string of the molecule is Cn1c(SCC(=O)Nc2cccc(Cl)c2Cl)nnc1-c1ccc(OC(F)F)cc1. The Hall–Kier alpha value is -2.36. The maximum absolute atomic E-state index is 12.2. The predicted octanol–water partition coefficient (Wildman–Crippen LogP) is 5.12. The highest BCUT2D eigenvalue weighted by Crippen LogP contribution is 2.30. The summed E-state index contributed by atoms with van der Waals surface area (Å²) in [5.74, 6) is 0.374. The molecule has 3 rings (SSSR count). The molecule has 0 aliphatic heterocycles. The van der Waals surface area contributed by atoms with Gasteiger partial charge in [0.15, 0.2) is 11.0 Å². The first kappa shape index (κ1) is 21.4. The molecule has 1 amide bonds. The number of nitrogens with one attached hydrogen (secondary N) is 1. The first-order valence-corrected chi connectivity index (χ1v) is 9.90. The molecule has 0 fully saturated rings. The molecule has 6 nitrogen and oxygen atoms in total. The average molecular weight is 459 g/mol. The highest BCUT2D eigenvalue weighted by Gasteiger charge is 2.14. The first-order valence-electron chi connectivity index (χ1n) is 8.16. The number of aromatic nitrogens is 3. The van der Waals surface area contributed by atoms with Crippen LogP contribution < -0.4 is 10.1 Å². The van der Waals surface area contributed by atoms with E-state index in [9.17, 15) is 13.6 Å². The quantitative estimate of drug-likeness (QED) is 0.497. The van der Waals surface area contributed by atoms with Crippen LogP contribution in [0.25, 0.3) is 11.4 Å². The van der Waals surface area contributed by atoms with Crippen LogP contribution in [-0.4, -0.2) is 33.0 Å². The van der Waals surface area contributed by atoms with Crippen molar-refractivity contribution in [3.63, 3.8) is 0 Å². The number of alkyl halides is 2. The van der Waals surface area contributed by atoms with Crippen LogP contribution in [0.15, 0.2) is 47.6 Å². The topological polar surface area (TPSA) is 69.0 Å². The van der Waals surface area contributed by atoms with Crippen molar-refractivity contribution in [1.82, 2.24) is 14.8 Å². The molecule has 152 valence electrons. The van der Waals surface area contributed by atoms with Crippen molar-refractivity contribution in [2.45, 2.75) is 11.8 Å². The minimum atomic E-state index is -2.88. The van der Waals surface area contributed by atoms with Crippen molar-refractivity contribution in [1.29, 1.82) is 0 Å². The number of hydrogen-bond donors (Lipinski definition) is 1. The minimum Gasteiger partial charge on any atom is -0.435 e. The normalized spacial score (nSPS) is 11.0. The van der Waals surface area contributed by atoms with Gasteiger partial charge in [0.05, 0.1) is 21.5 Å². The molecule has 2 aromatic carbocycles. The Morgan fingerprint density at radius 2 is 1.93 bits per heavy atom. The second kappa shape index (κ2) is 9.43. The van der Waals surface area contributed by atoms with Crippen LogP contribution in [0.5, 0.6) is 5.75 Å². The van der Waals surface area contributed by atoms with E-state index in [1.165, 1.54) is 23.9 Å². The van der Waals surface area contributed by atoms with Crippen LogP contribution in [0.2, 0.25) is 10.0 Å². The molecule has 1 aromatic heterocycles. The zero-order valence-electron chi connectivity index (χ0n) is 14.9. The maximum atomic E-state index is 12.2. The van der Waals surface area contributed by atoms with E-state index in [1.54, 1.807) is 41.9 Å². The molecule has 0 aliphatic rings. The van der Waals surface area contributed by atoms with Gasteiger partial charge in [-0.25, -0.2) is 0 Å². The van der Waals surface area contributed by atoms with Crippen LogP contribution in [0.4, 0.5) is 14.5 Å². The zero-order valence-corrected chi connectivity index (χ0v) is 17.2. The predicted molar refractivity (Wildman–Crippen MR) is 109 cm³/mol. The smallest absolute Gasteiger partial charge is 0.387 e. The van der Waals surface area contributed by atoms with Crippen molar-refractivity contribution in [2.24, 2.45) is 7.05 Å². The molecule has 29 heavy (non-hydrogen) atoms. The minimum absolute atomic E-state index is 0.0527. The number of anilines is 1. The summed E-state index contributed by atoms with van der Waals surface area (Å²) in [4.78, 5) is 12.2. The summed E-state index contributed by atoms with van der Waals surface area (Å²) in [6.45, 7) is -2.88. The fourth-order valence-electron chi connectivity index (χ4n) is 2.39. The van der Waals surface area contributed by atoms with Crippen molar-refractivity contribution in [3.8, 4) is 17.1 Å². The lowest BCUT2D eigenvalue weighted by molar-refractivity contribution is -0.113. The van der Waals surface area contributed by atoms with E-state index < -0.39 is 6.61 Å². The molecule has 1 N–H and O–H groups in total. The number of benzene rings is 2. The van der Waals surface area contributed by atoms with Gasteiger partial charge in [-0.2, -0.15) is 8.78 Å². The Balaban J connectivity index is 1.63. The summed E-state index contributed by atoms with van der Waals surface area (Å²) >= 11 is 13.2. The standard InChI is InChI=1S/C18H14Cl2F2N4O2S/c1-26-16(10-5-7-11(8-6-10)28-17(21)22)24-25-18(26)29-9-14(27)23-13-4-2-3-12(19)15(13)20/h2-8,17H,9H2,1H3,(H,23,27). The number of thioether (sulfide) groups is 1. The largest absolute Gasteiger partial charge is 0.435 e. The summed E-state index contributed by atoms with van der Waals surface area (Å²) in [5, 5.41) is 12.0. The van der Waals surface area contributed by atoms with Crippen molar-refractivity contribution in [3.05, 3.63) is 52.5 Å².